The summed E-state index contributed by atoms with van der Waals surface area (Å²) in [5, 5.41) is 0. The second-order valence-corrected chi connectivity index (χ2v) is 4.70. The van der Waals surface area contributed by atoms with E-state index in [-0.39, 0.29) is 0 Å². The van der Waals surface area contributed by atoms with Gasteiger partial charge in [-0.2, -0.15) is 0 Å². The molecule has 0 spiro atoms. The third kappa shape index (κ3) is 3.79. The first-order valence-corrected chi connectivity index (χ1v) is 6.58. The van der Waals surface area contributed by atoms with Crippen LogP contribution in [0.1, 0.15) is 17.8 Å². The van der Waals surface area contributed by atoms with Crippen LogP contribution in [0.2, 0.25) is 0 Å². The second-order valence-electron chi connectivity index (χ2n) is 4.26. The standard InChI is InChI=1S/C14H17N3OS/c1-11-16-7-9-17(11)8-2-10-18-13-5-3-12(4-6-13)14(15)19/h3-7,9H,2,8,10H2,1H3,(H2,15,19). The predicted octanol–water partition coefficient (Wildman–Crippen LogP) is 2.29. The Morgan fingerprint density at radius 1 is 1.37 bits per heavy atom. The van der Waals surface area contributed by atoms with E-state index in [0.29, 0.717) is 11.6 Å². The smallest absolute Gasteiger partial charge is 0.119 e. The molecule has 0 bridgehead atoms. The van der Waals surface area contributed by atoms with Crippen molar-refractivity contribution in [3.63, 3.8) is 0 Å². The molecule has 0 fully saturated rings. The number of aromatic nitrogens is 2. The molecule has 1 aromatic heterocycles. The zero-order chi connectivity index (χ0) is 13.7. The molecule has 5 heteroatoms. The van der Waals surface area contributed by atoms with Crippen LogP contribution >= 0.6 is 12.2 Å². The topological polar surface area (TPSA) is 53.1 Å². The first-order valence-electron chi connectivity index (χ1n) is 6.17. The highest BCUT2D eigenvalue weighted by molar-refractivity contribution is 7.80. The number of benzene rings is 1. The molecule has 0 aliphatic rings. The van der Waals surface area contributed by atoms with E-state index in [1.54, 1.807) is 0 Å². The fraction of sp³-hybridized carbons (Fsp3) is 0.286. The highest BCUT2D eigenvalue weighted by Crippen LogP contribution is 2.12. The molecule has 0 saturated carbocycles. The molecule has 0 aliphatic heterocycles. The number of rotatable bonds is 6. The number of aryl methyl sites for hydroxylation is 2. The minimum Gasteiger partial charge on any atom is -0.494 e. The van der Waals surface area contributed by atoms with Gasteiger partial charge < -0.3 is 15.0 Å². The van der Waals surface area contributed by atoms with Gasteiger partial charge in [-0.25, -0.2) is 4.98 Å². The first kappa shape index (κ1) is 13.5. The Bertz CT molecular complexity index is 548. The lowest BCUT2D eigenvalue weighted by Crippen LogP contribution is -2.09. The van der Waals surface area contributed by atoms with Crippen LogP contribution in [0, 0.1) is 6.92 Å². The van der Waals surface area contributed by atoms with Crippen molar-refractivity contribution in [2.45, 2.75) is 19.9 Å². The summed E-state index contributed by atoms with van der Waals surface area (Å²) in [6.45, 7) is 3.58. The number of thiocarbonyl (C=S) groups is 1. The van der Waals surface area contributed by atoms with Crippen LogP contribution in [-0.4, -0.2) is 21.1 Å². The first-order chi connectivity index (χ1) is 9.16. The molecule has 2 N–H and O–H groups in total. The fourth-order valence-corrected chi connectivity index (χ4v) is 1.92. The highest BCUT2D eigenvalue weighted by Gasteiger charge is 1.99. The molecular formula is C14H17N3OS. The van der Waals surface area contributed by atoms with Crippen molar-refractivity contribution in [3.8, 4) is 5.75 Å². The van der Waals surface area contributed by atoms with Gasteiger partial charge in [-0.1, -0.05) is 12.2 Å². The van der Waals surface area contributed by atoms with Crippen LogP contribution in [0.15, 0.2) is 36.7 Å². The lowest BCUT2D eigenvalue weighted by atomic mass is 10.2. The summed E-state index contributed by atoms with van der Waals surface area (Å²) < 4.78 is 7.77. The summed E-state index contributed by atoms with van der Waals surface area (Å²) in [5.74, 6) is 1.86. The van der Waals surface area contributed by atoms with Crippen LogP contribution in [0.3, 0.4) is 0 Å². The van der Waals surface area contributed by atoms with Crippen molar-refractivity contribution < 1.29 is 4.74 Å². The molecule has 100 valence electrons. The Kier molecular flexibility index (Phi) is 4.52. The molecule has 0 radical (unpaired) electrons. The molecule has 1 heterocycles. The molecule has 4 nitrogen and oxygen atoms in total. The summed E-state index contributed by atoms with van der Waals surface area (Å²) in [4.78, 5) is 4.58. The molecule has 1 aromatic carbocycles. The van der Waals surface area contributed by atoms with Crippen molar-refractivity contribution in [3.05, 3.63) is 48.0 Å². The van der Waals surface area contributed by atoms with Crippen LogP contribution < -0.4 is 10.5 Å². The number of nitrogens with zero attached hydrogens (tertiary/aromatic N) is 2. The quantitative estimate of drug-likeness (QED) is 0.649. The van der Waals surface area contributed by atoms with Gasteiger partial charge in [-0.05, 0) is 37.6 Å². The summed E-state index contributed by atoms with van der Waals surface area (Å²) in [6.07, 6.45) is 4.73. The van der Waals surface area contributed by atoms with Crippen molar-refractivity contribution in [1.29, 1.82) is 0 Å². The SMILES string of the molecule is Cc1nccn1CCCOc1ccc(C(N)=S)cc1. The Balaban J connectivity index is 1.76. The lowest BCUT2D eigenvalue weighted by Gasteiger charge is -2.08. The van der Waals surface area contributed by atoms with Gasteiger partial charge in [0.25, 0.3) is 0 Å². The molecule has 19 heavy (non-hydrogen) atoms. The zero-order valence-electron chi connectivity index (χ0n) is 10.9. The molecule has 0 aliphatic carbocycles. The van der Waals surface area contributed by atoms with Crippen LogP contribution in [0.25, 0.3) is 0 Å². The van der Waals surface area contributed by atoms with Crippen molar-refractivity contribution in [1.82, 2.24) is 9.55 Å². The van der Waals surface area contributed by atoms with Crippen LogP contribution in [0.4, 0.5) is 0 Å². The normalized spacial score (nSPS) is 10.4. The van der Waals surface area contributed by atoms with Gasteiger partial charge in [-0.15, -0.1) is 0 Å². The molecular weight excluding hydrogens is 258 g/mol. The van der Waals surface area contributed by atoms with Crippen LogP contribution in [0.5, 0.6) is 5.75 Å². The van der Waals surface area contributed by atoms with Gasteiger partial charge in [0.2, 0.25) is 0 Å². The van der Waals surface area contributed by atoms with E-state index in [1.165, 1.54) is 0 Å². The molecule has 0 saturated heterocycles. The average molecular weight is 275 g/mol. The van der Waals surface area contributed by atoms with Crippen molar-refractivity contribution in [2.75, 3.05) is 6.61 Å². The third-order valence-electron chi connectivity index (χ3n) is 2.87. The summed E-state index contributed by atoms with van der Waals surface area (Å²) >= 11 is 4.90. The predicted molar refractivity (Wildman–Crippen MR) is 79.4 cm³/mol. The Morgan fingerprint density at radius 3 is 2.68 bits per heavy atom. The maximum atomic E-state index is 5.66. The minimum absolute atomic E-state index is 0.405. The summed E-state index contributed by atoms with van der Waals surface area (Å²) in [7, 11) is 0. The molecule has 2 aromatic rings. The molecule has 0 atom stereocenters. The van der Waals surface area contributed by atoms with E-state index in [1.807, 2.05) is 43.6 Å². The van der Waals surface area contributed by atoms with E-state index in [2.05, 4.69) is 9.55 Å². The number of hydrogen-bond acceptors (Lipinski definition) is 3. The van der Waals surface area contributed by atoms with E-state index in [4.69, 9.17) is 22.7 Å². The Hall–Kier alpha value is -1.88. The molecule has 2 rings (SSSR count). The summed E-state index contributed by atoms with van der Waals surface area (Å²) in [5.41, 5.74) is 6.39. The maximum Gasteiger partial charge on any atom is 0.119 e. The van der Waals surface area contributed by atoms with Crippen molar-refractivity contribution in [2.24, 2.45) is 5.73 Å². The van der Waals surface area contributed by atoms with Gasteiger partial charge in [0.15, 0.2) is 0 Å². The number of imidazole rings is 1. The van der Waals surface area contributed by atoms with Gasteiger partial charge in [-0.3, -0.25) is 0 Å². The average Bonchev–Trinajstić information content (AvgIpc) is 2.81. The second kappa shape index (κ2) is 6.33. The number of hydrogen-bond donors (Lipinski definition) is 1. The van der Waals surface area contributed by atoms with E-state index in [9.17, 15) is 0 Å². The molecule has 0 amide bonds. The minimum atomic E-state index is 0.405. The molecule has 0 unspecified atom stereocenters. The van der Waals surface area contributed by atoms with Gasteiger partial charge in [0.05, 0.1) is 6.61 Å². The number of nitrogens with two attached hydrogens (primary N) is 1. The van der Waals surface area contributed by atoms with Gasteiger partial charge in [0, 0.05) is 24.5 Å². The lowest BCUT2D eigenvalue weighted by molar-refractivity contribution is 0.301. The van der Waals surface area contributed by atoms with E-state index in [0.717, 1.165) is 30.1 Å². The van der Waals surface area contributed by atoms with Crippen molar-refractivity contribution >= 4 is 17.2 Å². The van der Waals surface area contributed by atoms with Crippen LogP contribution in [-0.2, 0) is 6.54 Å². The van der Waals surface area contributed by atoms with E-state index < -0.39 is 0 Å². The number of ether oxygens (including phenoxy) is 1. The fourth-order valence-electron chi connectivity index (χ4n) is 1.78. The zero-order valence-corrected chi connectivity index (χ0v) is 11.7. The monoisotopic (exact) mass is 275 g/mol. The van der Waals surface area contributed by atoms with Gasteiger partial charge >= 0.3 is 0 Å². The summed E-state index contributed by atoms with van der Waals surface area (Å²) in [6, 6.07) is 7.52. The Labute approximate surface area is 118 Å². The van der Waals surface area contributed by atoms with Gasteiger partial charge in [0.1, 0.15) is 16.6 Å². The van der Waals surface area contributed by atoms with E-state index >= 15 is 0 Å². The Morgan fingerprint density at radius 2 is 2.11 bits per heavy atom. The third-order valence-corrected chi connectivity index (χ3v) is 3.11. The largest absolute Gasteiger partial charge is 0.494 e. The maximum absolute atomic E-state index is 5.66. The highest BCUT2D eigenvalue weighted by atomic mass is 32.1.